The molecule has 8 nitrogen and oxygen atoms in total. The Bertz CT molecular complexity index is 580. The van der Waals surface area contributed by atoms with Gasteiger partial charge in [0.2, 0.25) is 0 Å². The van der Waals surface area contributed by atoms with Gasteiger partial charge in [-0.2, -0.15) is 0 Å². The predicted octanol–water partition coefficient (Wildman–Crippen LogP) is -1.17. The van der Waals surface area contributed by atoms with Crippen LogP contribution in [0.4, 0.5) is 5.82 Å². The molecular formula is C17H26N6O2. The van der Waals surface area contributed by atoms with Gasteiger partial charge in [0, 0.05) is 71.6 Å². The largest absolute Gasteiger partial charge is 0.353 e. The van der Waals surface area contributed by atoms with E-state index >= 15 is 0 Å². The summed E-state index contributed by atoms with van der Waals surface area (Å²) in [4.78, 5) is 37.0. The fraction of sp³-hybridized carbons (Fsp3) is 0.588. The van der Waals surface area contributed by atoms with Crippen molar-refractivity contribution in [2.75, 3.05) is 70.3 Å². The van der Waals surface area contributed by atoms with Crippen molar-refractivity contribution in [3.8, 4) is 0 Å². The van der Waals surface area contributed by atoms with E-state index in [1.165, 1.54) is 0 Å². The Morgan fingerprint density at radius 3 is 2.04 bits per heavy atom. The van der Waals surface area contributed by atoms with E-state index in [9.17, 15) is 9.59 Å². The van der Waals surface area contributed by atoms with E-state index in [2.05, 4.69) is 14.8 Å². The molecule has 0 unspecified atom stereocenters. The second kappa shape index (κ2) is 8.26. The summed E-state index contributed by atoms with van der Waals surface area (Å²) in [6.45, 7) is 6.70. The van der Waals surface area contributed by atoms with E-state index in [4.69, 9.17) is 5.73 Å². The summed E-state index contributed by atoms with van der Waals surface area (Å²) in [5.41, 5.74) is 5.56. The van der Waals surface area contributed by atoms with Gasteiger partial charge in [-0.1, -0.05) is 6.07 Å². The fourth-order valence-electron chi connectivity index (χ4n) is 3.31. The Morgan fingerprint density at radius 1 is 0.920 bits per heavy atom. The molecule has 3 rings (SSSR count). The molecule has 3 heterocycles. The van der Waals surface area contributed by atoms with Crippen LogP contribution in [-0.2, 0) is 9.59 Å². The molecule has 2 amide bonds. The number of rotatable bonds is 3. The van der Waals surface area contributed by atoms with Crippen molar-refractivity contribution in [3.05, 3.63) is 24.4 Å². The minimum Gasteiger partial charge on any atom is -0.353 e. The zero-order chi connectivity index (χ0) is 17.6. The fourth-order valence-corrected chi connectivity index (χ4v) is 3.31. The monoisotopic (exact) mass is 346 g/mol. The molecule has 2 aliphatic heterocycles. The van der Waals surface area contributed by atoms with Gasteiger partial charge < -0.3 is 20.4 Å². The lowest BCUT2D eigenvalue weighted by molar-refractivity contribution is -0.153. The molecule has 25 heavy (non-hydrogen) atoms. The summed E-state index contributed by atoms with van der Waals surface area (Å²) in [6, 6.07) is 5.80. The van der Waals surface area contributed by atoms with Gasteiger partial charge in [-0.25, -0.2) is 4.98 Å². The Balaban J connectivity index is 1.48. The molecule has 0 aromatic carbocycles. The molecule has 0 spiro atoms. The molecule has 136 valence electrons. The number of hydrogen-bond donors (Lipinski definition) is 1. The molecule has 1 aromatic rings. The second-order valence-electron chi connectivity index (χ2n) is 6.39. The minimum absolute atomic E-state index is 0.376. The van der Waals surface area contributed by atoms with Gasteiger partial charge in [-0.05, 0) is 12.1 Å². The maximum atomic E-state index is 12.5. The van der Waals surface area contributed by atoms with E-state index in [1.807, 2.05) is 18.2 Å². The molecule has 0 saturated carbocycles. The van der Waals surface area contributed by atoms with Crippen LogP contribution in [0.2, 0.25) is 0 Å². The van der Waals surface area contributed by atoms with E-state index in [1.54, 1.807) is 16.0 Å². The number of piperazine rings is 2. The average molecular weight is 346 g/mol. The topological polar surface area (TPSA) is 86.0 Å². The summed E-state index contributed by atoms with van der Waals surface area (Å²) in [6.07, 6.45) is 1.76. The lowest BCUT2D eigenvalue weighted by Crippen LogP contribution is -2.56. The zero-order valence-electron chi connectivity index (χ0n) is 14.5. The SMILES string of the molecule is NCCN1CCN(C(=O)C(=O)N2CCN(c3ccccn3)CC2)CC1. The first-order valence-corrected chi connectivity index (χ1v) is 8.85. The molecule has 0 bridgehead atoms. The second-order valence-corrected chi connectivity index (χ2v) is 6.39. The van der Waals surface area contributed by atoms with E-state index in [0.29, 0.717) is 45.8 Å². The third-order valence-electron chi connectivity index (χ3n) is 4.83. The third kappa shape index (κ3) is 4.26. The predicted molar refractivity (Wildman–Crippen MR) is 95.1 cm³/mol. The zero-order valence-corrected chi connectivity index (χ0v) is 14.5. The number of nitrogens with two attached hydrogens (primary N) is 1. The first-order chi connectivity index (χ1) is 12.2. The molecule has 2 saturated heterocycles. The molecule has 8 heteroatoms. The minimum atomic E-state index is -0.382. The van der Waals surface area contributed by atoms with Crippen molar-refractivity contribution in [2.45, 2.75) is 0 Å². The van der Waals surface area contributed by atoms with Crippen LogP contribution in [0.1, 0.15) is 0 Å². The first kappa shape index (κ1) is 17.6. The van der Waals surface area contributed by atoms with Crippen LogP contribution in [0.3, 0.4) is 0 Å². The van der Waals surface area contributed by atoms with Crippen LogP contribution in [-0.4, -0.2) is 96.9 Å². The molecule has 2 fully saturated rings. The van der Waals surface area contributed by atoms with Gasteiger partial charge in [0.25, 0.3) is 0 Å². The van der Waals surface area contributed by atoms with Crippen LogP contribution in [0.25, 0.3) is 0 Å². The van der Waals surface area contributed by atoms with Crippen molar-refractivity contribution in [3.63, 3.8) is 0 Å². The molecule has 0 radical (unpaired) electrons. The quantitative estimate of drug-likeness (QED) is 0.695. The highest BCUT2D eigenvalue weighted by Gasteiger charge is 2.31. The van der Waals surface area contributed by atoms with E-state index in [0.717, 1.165) is 25.5 Å². The normalized spacial score (nSPS) is 19.2. The van der Waals surface area contributed by atoms with Crippen molar-refractivity contribution in [1.29, 1.82) is 0 Å². The summed E-state index contributed by atoms with van der Waals surface area (Å²) in [5.74, 6) is 0.156. The molecular weight excluding hydrogens is 320 g/mol. The maximum absolute atomic E-state index is 12.5. The number of anilines is 1. The van der Waals surface area contributed by atoms with Crippen LogP contribution >= 0.6 is 0 Å². The molecule has 2 N–H and O–H groups in total. The van der Waals surface area contributed by atoms with Crippen molar-refractivity contribution in [2.24, 2.45) is 5.73 Å². The number of nitrogens with zero attached hydrogens (tertiary/aromatic N) is 5. The Kier molecular flexibility index (Phi) is 5.83. The third-order valence-corrected chi connectivity index (χ3v) is 4.83. The lowest BCUT2D eigenvalue weighted by atomic mass is 10.2. The van der Waals surface area contributed by atoms with Crippen molar-refractivity contribution in [1.82, 2.24) is 19.7 Å². The molecule has 2 aliphatic rings. The van der Waals surface area contributed by atoms with Gasteiger partial charge in [0.05, 0.1) is 0 Å². The van der Waals surface area contributed by atoms with Crippen LogP contribution in [0.15, 0.2) is 24.4 Å². The van der Waals surface area contributed by atoms with Gasteiger partial charge in [0.15, 0.2) is 0 Å². The first-order valence-electron chi connectivity index (χ1n) is 8.85. The Morgan fingerprint density at radius 2 is 1.52 bits per heavy atom. The number of amides is 2. The lowest BCUT2D eigenvalue weighted by Gasteiger charge is -2.37. The highest BCUT2D eigenvalue weighted by atomic mass is 16.2. The van der Waals surface area contributed by atoms with Crippen molar-refractivity contribution >= 4 is 17.6 Å². The van der Waals surface area contributed by atoms with Crippen molar-refractivity contribution < 1.29 is 9.59 Å². The van der Waals surface area contributed by atoms with Gasteiger partial charge in [-0.3, -0.25) is 14.5 Å². The summed E-state index contributed by atoms with van der Waals surface area (Å²) in [7, 11) is 0. The summed E-state index contributed by atoms with van der Waals surface area (Å²) < 4.78 is 0. The molecule has 0 atom stereocenters. The van der Waals surface area contributed by atoms with Crippen LogP contribution in [0, 0.1) is 0 Å². The number of hydrogen-bond acceptors (Lipinski definition) is 6. The van der Waals surface area contributed by atoms with Crippen LogP contribution < -0.4 is 10.6 Å². The number of carbonyl (C=O) groups excluding carboxylic acids is 2. The molecule has 1 aromatic heterocycles. The van der Waals surface area contributed by atoms with E-state index < -0.39 is 0 Å². The highest BCUT2D eigenvalue weighted by Crippen LogP contribution is 2.13. The Labute approximate surface area is 148 Å². The summed E-state index contributed by atoms with van der Waals surface area (Å²) >= 11 is 0. The highest BCUT2D eigenvalue weighted by molar-refractivity contribution is 6.34. The molecule has 0 aliphatic carbocycles. The van der Waals surface area contributed by atoms with Crippen LogP contribution in [0.5, 0.6) is 0 Å². The Hall–Kier alpha value is -2.19. The smallest absolute Gasteiger partial charge is 0.312 e. The van der Waals surface area contributed by atoms with Gasteiger partial charge in [0.1, 0.15) is 5.82 Å². The average Bonchev–Trinajstić information content (AvgIpc) is 2.68. The van der Waals surface area contributed by atoms with Gasteiger partial charge in [-0.15, -0.1) is 0 Å². The number of aromatic nitrogens is 1. The maximum Gasteiger partial charge on any atom is 0.312 e. The standard InChI is InChI=1S/C17H26N6O2/c18-4-6-20-7-9-22(10-8-20)16(24)17(25)23-13-11-21(12-14-23)15-3-1-2-5-19-15/h1-3,5H,4,6-14,18H2. The number of pyridine rings is 1. The summed E-state index contributed by atoms with van der Waals surface area (Å²) in [5, 5.41) is 0. The van der Waals surface area contributed by atoms with Gasteiger partial charge >= 0.3 is 11.8 Å². The van der Waals surface area contributed by atoms with E-state index in [-0.39, 0.29) is 11.8 Å². The number of carbonyl (C=O) groups is 2.